The van der Waals surface area contributed by atoms with Crippen molar-refractivity contribution < 1.29 is 0 Å². The van der Waals surface area contributed by atoms with Crippen molar-refractivity contribution in [2.75, 3.05) is 0 Å². The van der Waals surface area contributed by atoms with Crippen LogP contribution in [-0.4, -0.2) is 11.0 Å². The van der Waals surface area contributed by atoms with E-state index in [1.807, 2.05) is 6.92 Å². The molecule has 1 heterocycles. The molecule has 0 aromatic carbocycles. The highest BCUT2D eigenvalue weighted by Gasteiger charge is 2.00. The van der Waals surface area contributed by atoms with E-state index in [1.54, 1.807) is 12.3 Å². The number of rotatable bonds is 2. The lowest BCUT2D eigenvalue weighted by molar-refractivity contribution is 0.734. The van der Waals surface area contributed by atoms with Crippen molar-refractivity contribution >= 4 is 15.9 Å². The summed E-state index contributed by atoms with van der Waals surface area (Å²) in [5.41, 5.74) is 6.54. The normalized spacial score (nSPS) is 12.9. The van der Waals surface area contributed by atoms with E-state index in [9.17, 15) is 4.79 Å². The fourth-order valence-corrected chi connectivity index (χ4v) is 1.40. The Bertz CT molecular complexity index is 319. The highest BCUT2D eigenvalue weighted by Crippen LogP contribution is 2.06. The summed E-state index contributed by atoms with van der Waals surface area (Å²) in [6.07, 6.45) is 2.46. The van der Waals surface area contributed by atoms with Crippen molar-refractivity contribution in [3.05, 3.63) is 32.7 Å². The second-order valence-electron chi connectivity index (χ2n) is 2.87. The topological polar surface area (TPSA) is 58.9 Å². The van der Waals surface area contributed by atoms with Crippen LogP contribution in [0.15, 0.2) is 21.5 Å². The molecule has 0 amide bonds. The number of aromatic nitrogens is 1. The minimum absolute atomic E-state index is 0.108. The molecule has 1 unspecified atom stereocenters. The van der Waals surface area contributed by atoms with E-state index >= 15 is 0 Å². The predicted octanol–water partition coefficient (Wildman–Crippen LogP) is 1.03. The third-order valence-corrected chi connectivity index (χ3v) is 2.06. The third-order valence-electron chi connectivity index (χ3n) is 1.48. The Labute approximate surface area is 79.1 Å². The summed E-state index contributed by atoms with van der Waals surface area (Å²) in [7, 11) is 0. The Morgan fingerprint density at radius 2 is 2.42 bits per heavy atom. The van der Waals surface area contributed by atoms with Gasteiger partial charge in [0.25, 0.3) is 5.56 Å². The van der Waals surface area contributed by atoms with E-state index in [4.69, 9.17) is 5.73 Å². The number of aromatic amines is 1. The molecule has 0 saturated heterocycles. The Balaban J connectivity index is 2.90. The van der Waals surface area contributed by atoms with Gasteiger partial charge in [0.1, 0.15) is 0 Å². The van der Waals surface area contributed by atoms with Crippen LogP contribution in [0.2, 0.25) is 0 Å². The van der Waals surface area contributed by atoms with E-state index < -0.39 is 0 Å². The zero-order chi connectivity index (χ0) is 9.14. The van der Waals surface area contributed by atoms with Crippen LogP contribution >= 0.6 is 15.9 Å². The van der Waals surface area contributed by atoms with Gasteiger partial charge in [-0.3, -0.25) is 4.79 Å². The minimum atomic E-state index is -0.108. The van der Waals surface area contributed by atoms with Gasteiger partial charge in [0.05, 0.1) is 4.47 Å². The first kappa shape index (κ1) is 9.48. The molecule has 1 atom stereocenters. The molecule has 3 nitrogen and oxygen atoms in total. The molecule has 0 radical (unpaired) electrons. The Morgan fingerprint density at radius 3 is 2.92 bits per heavy atom. The van der Waals surface area contributed by atoms with Gasteiger partial charge >= 0.3 is 0 Å². The van der Waals surface area contributed by atoms with Gasteiger partial charge in [0.15, 0.2) is 0 Å². The van der Waals surface area contributed by atoms with Gasteiger partial charge in [0.2, 0.25) is 0 Å². The molecule has 0 saturated carbocycles. The van der Waals surface area contributed by atoms with Crippen LogP contribution in [0, 0.1) is 0 Å². The summed E-state index contributed by atoms with van der Waals surface area (Å²) in [6, 6.07) is 1.91. The Morgan fingerprint density at radius 1 is 1.75 bits per heavy atom. The maximum atomic E-state index is 10.9. The number of hydrogen-bond donors (Lipinski definition) is 2. The van der Waals surface area contributed by atoms with Crippen LogP contribution in [-0.2, 0) is 6.42 Å². The number of pyridine rings is 1. The largest absolute Gasteiger partial charge is 0.328 e. The molecule has 0 aliphatic carbocycles. The second-order valence-corrected chi connectivity index (χ2v) is 3.72. The third kappa shape index (κ3) is 2.46. The molecule has 0 aliphatic rings. The summed E-state index contributed by atoms with van der Waals surface area (Å²) < 4.78 is 0.556. The molecule has 0 spiro atoms. The van der Waals surface area contributed by atoms with Crippen molar-refractivity contribution in [2.24, 2.45) is 5.73 Å². The van der Waals surface area contributed by atoms with Crippen molar-refractivity contribution in [1.82, 2.24) is 4.98 Å². The monoisotopic (exact) mass is 230 g/mol. The molecular formula is C8H11BrN2O. The quantitative estimate of drug-likeness (QED) is 0.798. The van der Waals surface area contributed by atoms with E-state index in [-0.39, 0.29) is 11.6 Å². The highest BCUT2D eigenvalue weighted by molar-refractivity contribution is 9.10. The first-order chi connectivity index (χ1) is 5.59. The molecule has 1 aromatic heterocycles. The van der Waals surface area contributed by atoms with Crippen molar-refractivity contribution in [3.8, 4) is 0 Å². The molecule has 4 heteroatoms. The zero-order valence-electron chi connectivity index (χ0n) is 6.80. The maximum Gasteiger partial charge on any atom is 0.262 e. The summed E-state index contributed by atoms with van der Waals surface area (Å²) in [4.78, 5) is 13.5. The average Bonchev–Trinajstić information content (AvgIpc) is 1.96. The average molecular weight is 231 g/mol. The fourth-order valence-electron chi connectivity index (χ4n) is 0.987. The van der Waals surface area contributed by atoms with Gasteiger partial charge in [-0.05, 0) is 40.9 Å². The number of H-pyrrole nitrogens is 1. The van der Waals surface area contributed by atoms with Crippen molar-refractivity contribution in [1.29, 1.82) is 0 Å². The SMILES string of the molecule is CC(N)Cc1c[nH]c(=O)c(Br)c1. The zero-order valence-corrected chi connectivity index (χ0v) is 8.39. The first-order valence-corrected chi connectivity index (χ1v) is 4.51. The molecule has 66 valence electrons. The Hall–Kier alpha value is -0.610. The van der Waals surface area contributed by atoms with Crippen molar-refractivity contribution in [2.45, 2.75) is 19.4 Å². The summed E-state index contributed by atoms with van der Waals surface area (Å²) in [6.45, 7) is 1.93. The van der Waals surface area contributed by atoms with Crippen LogP contribution in [0.5, 0.6) is 0 Å². The fraction of sp³-hybridized carbons (Fsp3) is 0.375. The minimum Gasteiger partial charge on any atom is -0.328 e. The van der Waals surface area contributed by atoms with E-state index in [0.717, 1.165) is 12.0 Å². The second kappa shape index (κ2) is 3.87. The molecule has 12 heavy (non-hydrogen) atoms. The lowest BCUT2D eigenvalue weighted by atomic mass is 10.1. The van der Waals surface area contributed by atoms with Crippen LogP contribution < -0.4 is 11.3 Å². The maximum absolute atomic E-state index is 10.9. The number of nitrogens with two attached hydrogens (primary N) is 1. The van der Waals surface area contributed by atoms with Gasteiger partial charge in [0, 0.05) is 12.2 Å². The number of hydrogen-bond acceptors (Lipinski definition) is 2. The van der Waals surface area contributed by atoms with Gasteiger partial charge in [-0.15, -0.1) is 0 Å². The Kier molecular flexibility index (Phi) is 3.05. The van der Waals surface area contributed by atoms with Crippen LogP contribution in [0.1, 0.15) is 12.5 Å². The number of halogens is 1. The van der Waals surface area contributed by atoms with Crippen LogP contribution in [0.4, 0.5) is 0 Å². The lowest BCUT2D eigenvalue weighted by Gasteiger charge is -2.04. The molecule has 1 aromatic rings. The lowest BCUT2D eigenvalue weighted by Crippen LogP contribution is -2.18. The number of nitrogens with one attached hydrogen (secondary N) is 1. The van der Waals surface area contributed by atoms with E-state index in [1.165, 1.54) is 0 Å². The molecule has 0 bridgehead atoms. The van der Waals surface area contributed by atoms with Gasteiger partial charge in [-0.2, -0.15) is 0 Å². The molecule has 3 N–H and O–H groups in total. The van der Waals surface area contributed by atoms with Crippen LogP contribution in [0.25, 0.3) is 0 Å². The predicted molar refractivity (Wildman–Crippen MR) is 52.1 cm³/mol. The smallest absolute Gasteiger partial charge is 0.262 e. The molecule has 0 fully saturated rings. The van der Waals surface area contributed by atoms with E-state index in [2.05, 4.69) is 20.9 Å². The highest BCUT2D eigenvalue weighted by atomic mass is 79.9. The summed E-state index contributed by atoms with van der Waals surface area (Å²) in [5, 5.41) is 0. The van der Waals surface area contributed by atoms with Gasteiger partial charge in [-0.25, -0.2) is 0 Å². The van der Waals surface area contributed by atoms with E-state index in [0.29, 0.717) is 4.47 Å². The van der Waals surface area contributed by atoms with Crippen molar-refractivity contribution in [3.63, 3.8) is 0 Å². The summed E-state index contributed by atoms with van der Waals surface area (Å²) >= 11 is 3.15. The van der Waals surface area contributed by atoms with Crippen LogP contribution in [0.3, 0.4) is 0 Å². The standard InChI is InChI=1S/C8H11BrN2O/c1-5(10)2-6-3-7(9)8(12)11-4-6/h3-5H,2,10H2,1H3,(H,11,12). The molecule has 0 aliphatic heterocycles. The molecule has 1 rings (SSSR count). The molecular weight excluding hydrogens is 220 g/mol. The summed E-state index contributed by atoms with van der Waals surface area (Å²) in [5.74, 6) is 0. The van der Waals surface area contributed by atoms with Gasteiger partial charge in [-0.1, -0.05) is 0 Å². The first-order valence-electron chi connectivity index (χ1n) is 3.72. The van der Waals surface area contributed by atoms with Gasteiger partial charge < -0.3 is 10.7 Å².